The molecule has 0 fully saturated rings. The molecule has 21 heavy (non-hydrogen) atoms. The van der Waals surface area contributed by atoms with Gasteiger partial charge in [0.1, 0.15) is 5.76 Å². The number of oxazole rings is 1. The molecule has 1 N–H and O–H groups in total. The molecule has 1 aromatic heterocycles. The Kier molecular flexibility index (Phi) is 4.30. The summed E-state index contributed by atoms with van der Waals surface area (Å²) in [6.07, 6.45) is -2.50. The molecule has 0 aliphatic rings. The summed E-state index contributed by atoms with van der Waals surface area (Å²) in [6.45, 7) is 0. The highest BCUT2D eigenvalue weighted by Gasteiger charge is 2.29. The molecule has 0 aliphatic heterocycles. The fraction of sp³-hybridized carbons (Fsp3) is 0.286. The maximum absolute atomic E-state index is 12.4. The zero-order valence-corrected chi connectivity index (χ0v) is 10.9. The van der Waals surface area contributed by atoms with Crippen LogP contribution in [-0.4, -0.2) is 16.1 Å². The lowest BCUT2D eigenvalue weighted by Crippen LogP contribution is -2.04. The summed E-state index contributed by atoms with van der Waals surface area (Å²) < 4.78 is 42.6. The van der Waals surface area contributed by atoms with E-state index >= 15 is 0 Å². The van der Waals surface area contributed by atoms with Crippen molar-refractivity contribution in [2.24, 2.45) is 0 Å². The van der Waals surface area contributed by atoms with Crippen LogP contribution in [0, 0.1) is 0 Å². The minimum Gasteiger partial charge on any atom is -0.481 e. The second kappa shape index (κ2) is 5.99. The first kappa shape index (κ1) is 15.1. The van der Waals surface area contributed by atoms with E-state index < -0.39 is 17.7 Å². The minimum absolute atomic E-state index is 0.0606. The van der Waals surface area contributed by atoms with Gasteiger partial charge in [0.2, 0.25) is 0 Å². The molecule has 0 amide bonds. The third-order valence-electron chi connectivity index (χ3n) is 2.82. The summed E-state index contributed by atoms with van der Waals surface area (Å²) in [4.78, 5) is 14.4. The number of carboxylic acids is 1. The van der Waals surface area contributed by atoms with Gasteiger partial charge in [0.15, 0.2) is 5.89 Å². The predicted octanol–water partition coefficient (Wildman–Crippen LogP) is 3.30. The van der Waals surface area contributed by atoms with Gasteiger partial charge in [-0.15, -0.1) is 0 Å². The molecule has 2 aromatic rings. The number of carboxylic acid groups (broad SMARTS) is 1. The molecule has 7 heteroatoms. The van der Waals surface area contributed by atoms with Crippen molar-refractivity contribution in [2.75, 3.05) is 0 Å². The van der Waals surface area contributed by atoms with Gasteiger partial charge in [0.05, 0.1) is 18.2 Å². The minimum atomic E-state index is -4.36. The van der Waals surface area contributed by atoms with E-state index in [-0.39, 0.29) is 19.3 Å². The first-order chi connectivity index (χ1) is 9.84. The number of rotatable bonds is 5. The lowest BCUT2D eigenvalue weighted by Gasteiger charge is -2.06. The van der Waals surface area contributed by atoms with Gasteiger partial charge in [-0.1, -0.05) is 12.1 Å². The molecule has 0 atom stereocenters. The summed E-state index contributed by atoms with van der Waals surface area (Å²) in [7, 11) is 0. The number of alkyl halides is 3. The van der Waals surface area contributed by atoms with Crippen molar-refractivity contribution in [1.29, 1.82) is 0 Å². The first-order valence-electron chi connectivity index (χ1n) is 6.16. The van der Waals surface area contributed by atoms with E-state index in [4.69, 9.17) is 9.52 Å². The second-order valence-corrected chi connectivity index (χ2v) is 4.49. The SMILES string of the molecule is O=C(O)CCc1cnc(Cc2ccc(C(F)(F)F)cc2)o1. The Hall–Kier alpha value is -2.31. The monoisotopic (exact) mass is 299 g/mol. The van der Waals surface area contributed by atoms with Crippen molar-refractivity contribution in [3.05, 3.63) is 53.2 Å². The number of halogens is 3. The van der Waals surface area contributed by atoms with Crippen molar-refractivity contribution >= 4 is 5.97 Å². The molecule has 1 aromatic carbocycles. The molecule has 0 saturated carbocycles. The molecule has 0 radical (unpaired) electrons. The van der Waals surface area contributed by atoms with Crippen LogP contribution >= 0.6 is 0 Å². The highest BCUT2D eigenvalue weighted by molar-refractivity contribution is 5.66. The van der Waals surface area contributed by atoms with E-state index in [1.54, 1.807) is 0 Å². The molecule has 0 unspecified atom stereocenters. The van der Waals surface area contributed by atoms with Gasteiger partial charge in [-0.25, -0.2) is 4.98 Å². The van der Waals surface area contributed by atoms with Crippen molar-refractivity contribution in [3.8, 4) is 0 Å². The third kappa shape index (κ3) is 4.34. The third-order valence-corrected chi connectivity index (χ3v) is 2.82. The smallest absolute Gasteiger partial charge is 0.416 e. The van der Waals surface area contributed by atoms with Crippen molar-refractivity contribution in [3.63, 3.8) is 0 Å². The number of hydrogen-bond acceptors (Lipinski definition) is 3. The molecule has 2 rings (SSSR count). The molecule has 4 nitrogen and oxygen atoms in total. The van der Waals surface area contributed by atoms with Crippen LogP contribution in [0.15, 0.2) is 34.9 Å². The lowest BCUT2D eigenvalue weighted by molar-refractivity contribution is -0.138. The summed E-state index contributed by atoms with van der Waals surface area (Å²) in [5.74, 6) is -0.148. The zero-order chi connectivity index (χ0) is 15.5. The summed E-state index contributed by atoms with van der Waals surface area (Å²) >= 11 is 0. The quantitative estimate of drug-likeness (QED) is 0.920. The van der Waals surface area contributed by atoms with E-state index in [0.717, 1.165) is 12.1 Å². The van der Waals surface area contributed by atoms with Crippen molar-refractivity contribution < 1.29 is 27.5 Å². The summed E-state index contributed by atoms with van der Waals surface area (Å²) in [6, 6.07) is 4.74. The molecule has 0 bridgehead atoms. The van der Waals surface area contributed by atoms with Gasteiger partial charge >= 0.3 is 12.1 Å². The largest absolute Gasteiger partial charge is 0.481 e. The van der Waals surface area contributed by atoms with Crippen LogP contribution in [0.1, 0.15) is 29.2 Å². The number of carbonyl (C=O) groups is 1. The second-order valence-electron chi connectivity index (χ2n) is 4.49. The number of aromatic nitrogens is 1. The van der Waals surface area contributed by atoms with E-state index in [0.29, 0.717) is 17.2 Å². The van der Waals surface area contributed by atoms with Crippen molar-refractivity contribution in [2.45, 2.75) is 25.4 Å². The molecular formula is C14H12F3NO3. The maximum atomic E-state index is 12.4. The average molecular weight is 299 g/mol. The van der Waals surface area contributed by atoms with Crippen LogP contribution in [-0.2, 0) is 23.8 Å². The topological polar surface area (TPSA) is 63.3 Å². The van der Waals surface area contributed by atoms with E-state index in [2.05, 4.69) is 4.98 Å². The van der Waals surface area contributed by atoms with Gasteiger partial charge in [-0.3, -0.25) is 4.79 Å². The Morgan fingerprint density at radius 1 is 1.24 bits per heavy atom. The van der Waals surface area contributed by atoms with E-state index in [1.165, 1.54) is 18.3 Å². The van der Waals surface area contributed by atoms with Crippen LogP contribution in [0.4, 0.5) is 13.2 Å². The molecule has 0 saturated heterocycles. The fourth-order valence-corrected chi connectivity index (χ4v) is 1.76. The summed E-state index contributed by atoms with van der Waals surface area (Å²) in [5.41, 5.74) is -0.0737. The number of nitrogens with zero attached hydrogens (tertiary/aromatic N) is 1. The highest BCUT2D eigenvalue weighted by atomic mass is 19.4. The van der Waals surface area contributed by atoms with Crippen molar-refractivity contribution in [1.82, 2.24) is 4.98 Å². The maximum Gasteiger partial charge on any atom is 0.416 e. The molecular weight excluding hydrogens is 287 g/mol. The highest BCUT2D eigenvalue weighted by Crippen LogP contribution is 2.29. The normalized spacial score (nSPS) is 11.6. The van der Waals surface area contributed by atoms with Crippen LogP contribution in [0.3, 0.4) is 0 Å². The van der Waals surface area contributed by atoms with E-state index in [9.17, 15) is 18.0 Å². The number of benzene rings is 1. The predicted molar refractivity (Wildman–Crippen MR) is 66.7 cm³/mol. The first-order valence-corrected chi connectivity index (χ1v) is 6.16. The van der Waals surface area contributed by atoms with Crippen LogP contribution in [0.5, 0.6) is 0 Å². The Balaban J connectivity index is 2.00. The molecule has 0 spiro atoms. The Bertz CT molecular complexity index is 617. The molecule has 112 valence electrons. The standard InChI is InChI=1S/C14H12F3NO3/c15-14(16,17)10-3-1-9(2-4-10)7-12-18-8-11(21-12)5-6-13(19)20/h1-4,8H,5-7H2,(H,19,20). The van der Waals surface area contributed by atoms with Gasteiger partial charge in [0.25, 0.3) is 0 Å². The fourth-order valence-electron chi connectivity index (χ4n) is 1.76. The van der Waals surface area contributed by atoms with Gasteiger partial charge in [0, 0.05) is 12.8 Å². The lowest BCUT2D eigenvalue weighted by atomic mass is 10.1. The average Bonchev–Trinajstić information content (AvgIpc) is 2.83. The van der Waals surface area contributed by atoms with Gasteiger partial charge in [-0.2, -0.15) is 13.2 Å². The van der Waals surface area contributed by atoms with Crippen LogP contribution in [0.25, 0.3) is 0 Å². The Morgan fingerprint density at radius 2 is 1.90 bits per heavy atom. The Morgan fingerprint density at radius 3 is 2.48 bits per heavy atom. The van der Waals surface area contributed by atoms with E-state index in [1.807, 2.05) is 0 Å². The number of aliphatic carboxylic acids is 1. The number of aryl methyl sites for hydroxylation is 1. The van der Waals surface area contributed by atoms with Crippen LogP contribution in [0.2, 0.25) is 0 Å². The Labute approximate surface area is 118 Å². The van der Waals surface area contributed by atoms with Crippen LogP contribution < -0.4 is 0 Å². The molecule has 0 aliphatic carbocycles. The summed E-state index contributed by atoms with van der Waals surface area (Å²) in [5, 5.41) is 8.55. The van der Waals surface area contributed by atoms with Gasteiger partial charge < -0.3 is 9.52 Å². The zero-order valence-electron chi connectivity index (χ0n) is 10.9. The molecule has 1 heterocycles. The number of hydrogen-bond donors (Lipinski definition) is 1. The van der Waals surface area contributed by atoms with Gasteiger partial charge in [-0.05, 0) is 17.7 Å².